The molecule has 4 heterocycles. The van der Waals surface area contributed by atoms with Crippen LogP contribution in [0.4, 0.5) is 5.82 Å². The Balaban J connectivity index is 1.41. The van der Waals surface area contributed by atoms with Gasteiger partial charge in [-0.15, -0.1) is 0 Å². The van der Waals surface area contributed by atoms with Crippen LogP contribution in [-0.4, -0.2) is 54.3 Å². The molecule has 35 heavy (non-hydrogen) atoms. The highest BCUT2D eigenvalue weighted by atomic mass is 16.1. The first kappa shape index (κ1) is 23.2. The largest absolute Gasteiger partial charge is 0.306 e. The van der Waals surface area contributed by atoms with Crippen LogP contribution in [0.5, 0.6) is 0 Å². The number of nitrogens with zero attached hydrogens (tertiary/aromatic N) is 6. The summed E-state index contributed by atoms with van der Waals surface area (Å²) in [5.41, 5.74) is 4.09. The summed E-state index contributed by atoms with van der Waals surface area (Å²) in [7, 11) is 0. The summed E-state index contributed by atoms with van der Waals surface area (Å²) in [6, 6.07) is 12.6. The first-order chi connectivity index (χ1) is 17.0. The number of benzene rings is 1. The number of piperidine rings is 1. The Kier molecular flexibility index (Phi) is 6.63. The number of nitrogens with one attached hydrogen (secondary N) is 1. The Labute approximate surface area is 206 Å². The molecule has 1 aromatic carbocycles. The number of carbonyl (C=O) groups is 1. The fourth-order valence-electron chi connectivity index (χ4n) is 4.98. The van der Waals surface area contributed by atoms with Crippen molar-refractivity contribution in [3.05, 3.63) is 71.8 Å². The monoisotopic (exact) mass is 471 g/mol. The predicted octanol–water partition coefficient (Wildman–Crippen LogP) is 4.84. The standard InChI is InChI=1S/C27H33N7O/c1-4-6-20(3)32-15-11-21(12-16-32)24-17-25(34(31-24)22-9-7-19(2)8-10-22)30-27(35)23-18-29-33-14-5-13-28-26(23)33/h5,7-10,13-14,17-18,20-21H,4,6,11-12,15-16H2,1-3H3,(H,30,35). The molecule has 1 fully saturated rings. The number of hydrogen-bond acceptors (Lipinski definition) is 5. The summed E-state index contributed by atoms with van der Waals surface area (Å²) in [6.45, 7) is 8.81. The summed E-state index contributed by atoms with van der Waals surface area (Å²) < 4.78 is 3.45. The number of hydrogen-bond donors (Lipinski definition) is 1. The molecule has 3 aromatic heterocycles. The third-order valence-electron chi connectivity index (χ3n) is 7.05. The van der Waals surface area contributed by atoms with Crippen LogP contribution in [0.2, 0.25) is 0 Å². The maximum atomic E-state index is 13.2. The van der Waals surface area contributed by atoms with Crippen molar-refractivity contribution in [2.75, 3.05) is 18.4 Å². The van der Waals surface area contributed by atoms with Gasteiger partial charge in [0.2, 0.25) is 0 Å². The van der Waals surface area contributed by atoms with E-state index in [2.05, 4.69) is 53.2 Å². The molecule has 0 aliphatic carbocycles. The van der Waals surface area contributed by atoms with E-state index in [9.17, 15) is 4.79 Å². The molecule has 0 spiro atoms. The molecule has 4 aromatic rings. The molecule has 182 valence electrons. The van der Waals surface area contributed by atoms with Crippen LogP contribution < -0.4 is 5.32 Å². The molecule has 0 radical (unpaired) electrons. The van der Waals surface area contributed by atoms with Crippen LogP contribution in [0.1, 0.15) is 67.1 Å². The van der Waals surface area contributed by atoms with E-state index in [-0.39, 0.29) is 5.91 Å². The summed E-state index contributed by atoms with van der Waals surface area (Å²) in [6.07, 6.45) is 9.60. The number of amides is 1. The zero-order valence-corrected chi connectivity index (χ0v) is 20.7. The fraction of sp³-hybridized carbons (Fsp3) is 0.407. The zero-order chi connectivity index (χ0) is 24.4. The van der Waals surface area contributed by atoms with E-state index in [1.807, 2.05) is 22.9 Å². The molecule has 1 N–H and O–H groups in total. The van der Waals surface area contributed by atoms with E-state index >= 15 is 0 Å². The predicted molar refractivity (Wildman–Crippen MR) is 137 cm³/mol. The topological polar surface area (TPSA) is 80.4 Å². The smallest absolute Gasteiger partial charge is 0.262 e. The third kappa shape index (κ3) is 4.84. The first-order valence-corrected chi connectivity index (χ1v) is 12.5. The molecule has 5 rings (SSSR count). The summed E-state index contributed by atoms with van der Waals surface area (Å²) in [4.78, 5) is 20.2. The van der Waals surface area contributed by atoms with Crippen LogP contribution in [-0.2, 0) is 0 Å². The lowest BCUT2D eigenvalue weighted by atomic mass is 9.92. The average Bonchev–Trinajstić information content (AvgIpc) is 3.49. The summed E-state index contributed by atoms with van der Waals surface area (Å²) in [5.74, 6) is 0.786. The number of aryl methyl sites for hydroxylation is 1. The lowest BCUT2D eigenvalue weighted by Gasteiger charge is -2.35. The Bertz CT molecular complexity index is 1300. The minimum atomic E-state index is -0.248. The number of anilines is 1. The highest BCUT2D eigenvalue weighted by Crippen LogP contribution is 2.31. The van der Waals surface area contributed by atoms with Gasteiger partial charge in [-0.1, -0.05) is 31.0 Å². The number of fused-ring (bicyclic) bond motifs is 1. The highest BCUT2D eigenvalue weighted by Gasteiger charge is 2.27. The molecule has 0 saturated carbocycles. The Morgan fingerprint density at radius 1 is 1.20 bits per heavy atom. The molecule has 8 nitrogen and oxygen atoms in total. The summed E-state index contributed by atoms with van der Waals surface area (Å²) >= 11 is 0. The van der Waals surface area contributed by atoms with Crippen molar-refractivity contribution in [2.45, 2.75) is 58.4 Å². The van der Waals surface area contributed by atoms with Gasteiger partial charge in [-0.2, -0.15) is 10.2 Å². The molecule has 1 aliphatic rings. The fourth-order valence-corrected chi connectivity index (χ4v) is 4.98. The molecule has 0 bridgehead atoms. The third-order valence-corrected chi connectivity index (χ3v) is 7.05. The van der Waals surface area contributed by atoms with Crippen molar-refractivity contribution < 1.29 is 4.79 Å². The minimum Gasteiger partial charge on any atom is -0.306 e. The maximum absolute atomic E-state index is 13.2. The molecule has 1 atom stereocenters. The quantitative estimate of drug-likeness (QED) is 0.417. The van der Waals surface area contributed by atoms with E-state index < -0.39 is 0 Å². The van der Waals surface area contributed by atoms with Crippen LogP contribution in [0, 0.1) is 6.92 Å². The van der Waals surface area contributed by atoms with Gasteiger partial charge in [-0.3, -0.25) is 4.79 Å². The van der Waals surface area contributed by atoms with Gasteiger partial charge < -0.3 is 10.2 Å². The first-order valence-electron chi connectivity index (χ1n) is 12.5. The van der Waals surface area contributed by atoms with Crippen molar-refractivity contribution in [1.82, 2.24) is 29.3 Å². The molecule has 1 amide bonds. The van der Waals surface area contributed by atoms with Gasteiger partial charge in [-0.05, 0) is 64.4 Å². The lowest BCUT2D eigenvalue weighted by molar-refractivity contribution is 0.102. The highest BCUT2D eigenvalue weighted by molar-refractivity contribution is 6.07. The van der Waals surface area contributed by atoms with Crippen LogP contribution in [0.25, 0.3) is 11.3 Å². The van der Waals surface area contributed by atoms with Crippen molar-refractivity contribution in [2.24, 2.45) is 0 Å². The zero-order valence-electron chi connectivity index (χ0n) is 20.7. The molecule has 1 aliphatic heterocycles. The second-order valence-electron chi connectivity index (χ2n) is 9.55. The van der Waals surface area contributed by atoms with Gasteiger partial charge in [-0.25, -0.2) is 14.2 Å². The number of likely N-dealkylation sites (tertiary alicyclic amines) is 1. The van der Waals surface area contributed by atoms with E-state index in [0.717, 1.165) is 37.3 Å². The van der Waals surface area contributed by atoms with Crippen LogP contribution in [0.15, 0.2) is 55.0 Å². The summed E-state index contributed by atoms with van der Waals surface area (Å²) in [5, 5.41) is 12.3. The molecule has 1 saturated heterocycles. The van der Waals surface area contributed by atoms with Gasteiger partial charge in [0.25, 0.3) is 5.91 Å². The van der Waals surface area contributed by atoms with Gasteiger partial charge in [0.05, 0.1) is 17.6 Å². The average molecular weight is 472 g/mol. The Morgan fingerprint density at radius 3 is 2.71 bits per heavy atom. The van der Waals surface area contributed by atoms with Gasteiger partial charge >= 0.3 is 0 Å². The maximum Gasteiger partial charge on any atom is 0.262 e. The lowest BCUT2D eigenvalue weighted by Crippen LogP contribution is -2.39. The number of rotatable bonds is 7. The van der Waals surface area contributed by atoms with Crippen molar-refractivity contribution >= 4 is 17.4 Å². The van der Waals surface area contributed by atoms with Crippen molar-refractivity contribution in [1.29, 1.82) is 0 Å². The Morgan fingerprint density at radius 2 is 1.97 bits per heavy atom. The van der Waals surface area contributed by atoms with Crippen LogP contribution >= 0.6 is 0 Å². The molecular formula is C27H33N7O. The SMILES string of the molecule is CCCC(C)N1CCC(c2cc(NC(=O)c3cnn4cccnc34)n(-c3ccc(C)cc3)n2)CC1. The molecule has 1 unspecified atom stereocenters. The van der Waals surface area contributed by atoms with E-state index in [0.29, 0.717) is 29.0 Å². The van der Waals surface area contributed by atoms with Crippen molar-refractivity contribution in [3.63, 3.8) is 0 Å². The van der Waals surface area contributed by atoms with Gasteiger partial charge in [0.1, 0.15) is 11.4 Å². The second-order valence-corrected chi connectivity index (χ2v) is 9.55. The second kappa shape index (κ2) is 10.00. The number of aromatic nitrogens is 5. The van der Waals surface area contributed by atoms with Crippen LogP contribution in [0.3, 0.4) is 0 Å². The van der Waals surface area contributed by atoms with E-state index in [1.165, 1.54) is 18.4 Å². The van der Waals surface area contributed by atoms with E-state index in [4.69, 9.17) is 5.10 Å². The number of carbonyl (C=O) groups excluding carboxylic acids is 1. The van der Waals surface area contributed by atoms with Gasteiger partial charge in [0.15, 0.2) is 5.65 Å². The Hall–Kier alpha value is -3.52. The van der Waals surface area contributed by atoms with Crippen molar-refractivity contribution in [3.8, 4) is 5.69 Å². The van der Waals surface area contributed by atoms with Gasteiger partial charge in [0, 0.05) is 30.4 Å². The van der Waals surface area contributed by atoms with E-state index in [1.54, 1.807) is 29.2 Å². The minimum absolute atomic E-state index is 0.248. The molecule has 8 heteroatoms. The molecular weight excluding hydrogens is 438 g/mol. The normalized spacial score (nSPS) is 16.0.